The van der Waals surface area contributed by atoms with E-state index in [1.165, 1.54) is 5.56 Å². The second-order valence-electron chi connectivity index (χ2n) is 9.09. The maximum absolute atomic E-state index is 13.1. The van der Waals surface area contributed by atoms with Gasteiger partial charge in [-0.05, 0) is 48.1 Å². The Morgan fingerprint density at radius 3 is 2.56 bits per heavy atom. The fourth-order valence-corrected chi connectivity index (χ4v) is 5.21. The lowest BCUT2D eigenvalue weighted by Crippen LogP contribution is -2.36. The van der Waals surface area contributed by atoms with Gasteiger partial charge in [0.2, 0.25) is 5.91 Å². The van der Waals surface area contributed by atoms with Crippen molar-refractivity contribution in [1.29, 1.82) is 0 Å². The maximum Gasteiger partial charge on any atom is 0.273 e. The van der Waals surface area contributed by atoms with Crippen molar-refractivity contribution >= 4 is 28.8 Å². The van der Waals surface area contributed by atoms with E-state index in [-0.39, 0.29) is 11.8 Å². The fourth-order valence-electron chi connectivity index (χ4n) is 4.40. The number of carbonyl (C=O) groups is 2. The van der Waals surface area contributed by atoms with E-state index in [1.54, 1.807) is 11.3 Å². The van der Waals surface area contributed by atoms with Crippen LogP contribution in [0.4, 0.5) is 5.69 Å². The van der Waals surface area contributed by atoms with E-state index >= 15 is 0 Å². The van der Waals surface area contributed by atoms with Gasteiger partial charge in [0.1, 0.15) is 5.69 Å². The molecule has 0 radical (unpaired) electrons. The molecule has 2 aliphatic rings. The summed E-state index contributed by atoms with van der Waals surface area (Å²) in [5.74, 6) is 0.353. The highest BCUT2D eigenvalue weighted by molar-refractivity contribution is 7.09. The van der Waals surface area contributed by atoms with Crippen LogP contribution in [0, 0.1) is 0 Å². The molecule has 0 spiro atoms. The first-order valence-electron chi connectivity index (χ1n) is 11.2. The second-order valence-corrected chi connectivity index (χ2v) is 9.98. The number of nitrogens with zero attached hydrogens (tertiary/aromatic N) is 2. The number of aromatic nitrogens is 1. The minimum Gasteiger partial charge on any atom is -0.333 e. The summed E-state index contributed by atoms with van der Waals surface area (Å²) in [7, 11) is 0. The lowest BCUT2D eigenvalue weighted by atomic mass is 9.94. The van der Waals surface area contributed by atoms with Crippen molar-refractivity contribution in [2.24, 2.45) is 0 Å². The zero-order chi connectivity index (χ0) is 22.3. The molecular weight excluding hydrogens is 418 g/mol. The third kappa shape index (κ3) is 3.84. The minimum absolute atomic E-state index is 0.0192. The van der Waals surface area contributed by atoms with Crippen LogP contribution < -0.4 is 5.32 Å². The smallest absolute Gasteiger partial charge is 0.273 e. The number of benzene rings is 2. The van der Waals surface area contributed by atoms with E-state index in [0.717, 1.165) is 41.1 Å². The number of rotatable bonds is 5. The van der Waals surface area contributed by atoms with Crippen molar-refractivity contribution in [1.82, 2.24) is 9.88 Å². The first kappa shape index (κ1) is 20.9. The molecule has 0 unspecified atom stereocenters. The largest absolute Gasteiger partial charge is 0.333 e. The normalized spacial score (nSPS) is 16.5. The first-order valence-corrected chi connectivity index (χ1v) is 12.1. The summed E-state index contributed by atoms with van der Waals surface area (Å²) in [4.78, 5) is 32.5. The maximum atomic E-state index is 13.1. The molecule has 164 valence electrons. The molecule has 2 aromatic carbocycles. The summed E-state index contributed by atoms with van der Waals surface area (Å²) in [5, 5.41) is 5.98. The second kappa shape index (κ2) is 8.17. The molecule has 2 amide bonds. The van der Waals surface area contributed by atoms with E-state index in [1.807, 2.05) is 52.7 Å². The summed E-state index contributed by atoms with van der Waals surface area (Å²) in [6.45, 7) is 5.40. The van der Waals surface area contributed by atoms with Gasteiger partial charge in [-0.1, -0.05) is 50.2 Å². The molecule has 1 fully saturated rings. The fraction of sp³-hybridized carbons (Fsp3) is 0.346. The lowest BCUT2D eigenvalue weighted by Gasteiger charge is -2.29. The zero-order valence-electron chi connectivity index (χ0n) is 18.4. The number of hydrogen-bond donors (Lipinski definition) is 1. The molecule has 0 saturated heterocycles. The number of amides is 2. The monoisotopic (exact) mass is 445 g/mol. The van der Waals surface area contributed by atoms with Crippen LogP contribution >= 0.6 is 11.3 Å². The molecule has 2 heterocycles. The van der Waals surface area contributed by atoms with Gasteiger partial charge in [0.25, 0.3) is 5.91 Å². The van der Waals surface area contributed by atoms with Crippen LogP contribution in [0.1, 0.15) is 64.8 Å². The Balaban J connectivity index is 1.31. The highest BCUT2D eigenvalue weighted by Gasteiger charge is 2.51. The molecule has 1 saturated carbocycles. The number of hydrogen-bond acceptors (Lipinski definition) is 4. The Bertz CT molecular complexity index is 1160. The van der Waals surface area contributed by atoms with Gasteiger partial charge in [0.15, 0.2) is 0 Å². The Hall–Kier alpha value is -2.99. The average Bonchev–Trinajstić information content (AvgIpc) is 3.48. The Morgan fingerprint density at radius 1 is 1.09 bits per heavy atom. The van der Waals surface area contributed by atoms with Crippen LogP contribution in [-0.4, -0.2) is 28.2 Å². The van der Waals surface area contributed by atoms with Crippen LogP contribution in [0.5, 0.6) is 0 Å². The molecule has 3 aromatic rings. The Morgan fingerprint density at radius 2 is 1.88 bits per heavy atom. The van der Waals surface area contributed by atoms with E-state index in [2.05, 4.69) is 30.2 Å². The number of nitrogens with one attached hydrogen (secondary N) is 1. The summed E-state index contributed by atoms with van der Waals surface area (Å²) in [5.41, 5.74) is 4.32. The summed E-state index contributed by atoms with van der Waals surface area (Å²) < 4.78 is 0. The van der Waals surface area contributed by atoms with E-state index in [9.17, 15) is 9.59 Å². The van der Waals surface area contributed by atoms with Gasteiger partial charge >= 0.3 is 0 Å². The third-order valence-electron chi connectivity index (χ3n) is 6.51. The van der Waals surface area contributed by atoms with E-state index in [4.69, 9.17) is 0 Å². The van der Waals surface area contributed by atoms with Crippen LogP contribution in [0.15, 0.2) is 53.9 Å². The molecule has 1 N–H and O–H groups in total. The van der Waals surface area contributed by atoms with Gasteiger partial charge in [0, 0.05) is 30.1 Å². The predicted octanol–water partition coefficient (Wildman–Crippen LogP) is 5.14. The van der Waals surface area contributed by atoms with Gasteiger partial charge in [-0.25, -0.2) is 4.98 Å². The van der Waals surface area contributed by atoms with Gasteiger partial charge in [0.05, 0.1) is 10.4 Å². The highest BCUT2D eigenvalue weighted by Crippen LogP contribution is 2.49. The van der Waals surface area contributed by atoms with Gasteiger partial charge in [-0.2, -0.15) is 0 Å². The zero-order valence-corrected chi connectivity index (χ0v) is 19.2. The van der Waals surface area contributed by atoms with Gasteiger partial charge in [-0.3, -0.25) is 9.59 Å². The lowest BCUT2D eigenvalue weighted by molar-refractivity contribution is -0.118. The van der Waals surface area contributed by atoms with Crippen LogP contribution in [0.2, 0.25) is 0 Å². The molecule has 1 aromatic heterocycles. The molecule has 5 nitrogen and oxygen atoms in total. The molecule has 6 heteroatoms. The SMILES string of the molecule is CC(C)c1nc(C(=O)N2CCc3ccc(NC(=O)C4(c5ccccc5)CC4)cc3C2)cs1. The van der Waals surface area contributed by atoms with Crippen molar-refractivity contribution in [2.75, 3.05) is 11.9 Å². The van der Waals surface area contributed by atoms with Crippen molar-refractivity contribution in [2.45, 2.75) is 51.0 Å². The topological polar surface area (TPSA) is 62.3 Å². The predicted molar refractivity (Wildman–Crippen MR) is 127 cm³/mol. The quantitative estimate of drug-likeness (QED) is 0.592. The standard InChI is InChI=1S/C26H27N3O2S/c1-17(2)23-28-22(16-32-23)24(30)29-13-10-18-8-9-21(14-19(18)15-29)27-25(31)26(11-12-26)20-6-4-3-5-7-20/h3-9,14,16-17H,10-13,15H2,1-2H3,(H,27,31). The molecule has 0 bridgehead atoms. The first-order chi connectivity index (χ1) is 15.5. The highest BCUT2D eigenvalue weighted by atomic mass is 32.1. The minimum atomic E-state index is -0.405. The number of fused-ring (bicyclic) bond motifs is 1. The van der Waals surface area contributed by atoms with Crippen molar-refractivity contribution in [3.8, 4) is 0 Å². The van der Waals surface area contributed by atoms with Crippen molar-refractivity contribution in [3.05, 3.63) is 81.3 Å². The van der Waals surface area contributed by atoms with Crippen molar-refractivity contribution in [3.63, 3.8) is 0 Å². The van der Waals surface area contributed by atoms with E-state index < -0.39 is 5.41 Å². The van der Waals surface area contributed by atoms with Gasteiger partial charge < -0.3 is 10.2 Å². The molecule has 32 heavy (non-hydrogen) atoms. The van der Waals surface area contributed by atoms with Crippen LogP contribution in [0.25, 0.3) is 0 Å². The third-order valence-corrected chi connectivity index (χ3v) is 7.65. The Labute approximate surface area is 192 Å². The molecule has 5 rings (SSSR count). The molecule has 1 aliphatic heterocycles. The van der Waals surface area contributed by atoms with Gasteiger partial charge in [-0.15, -0.1) is 11.3 Å². The Kier molecular flexibility index (Phi) is 5.33. The summed E-state index contributed by atoms with van der Waals surface area (Å²) in [6, 6.07) is 16.1. The molecule has 0 atom stereocenters. The molecular formula is C26H27N3O2S. The summed E-state index contributed by atoms with van der Waals surface area (Å²) in [6.07, 6.45) is 2.56. The number of anilines is 1. The molecule has 1 aliphatic carbocycles. The number of carbonyl (C=O) groups excluding carboxylic acids is 2. The van der Waals surface area contributed by atoms with Crippen LogP contribution in [-0.2, 0) is 23.2 Å². The van der Waals surface area contributed by atoms with Crippen molar-refractivity contribution < 1.29 is 9.59 Å². The van der Waals surface area contributed by atoms with E-state index in [0.29, 0.717) is 24.7 Å². The van der Waals surface area contributed by atoms with Crippen LogP contribution in [0.3, 0.4) is 0 Å². The number of thiazole rings is 1. The summed E-state index contributed by atoms with van der Waals surface area (Å²) >= 11 is 1.55. The average molecular weight is 446 g/mol.